The van der Waals surface area contributed by atoms with E-state index in [4.69, 9.17) is 4.74 Å². The SMILES string of the molecule is O=C(CSc1nc2ccccc2c(=O)n1CC1CCCO1)NCc1cccs1. The Morgan fingerprint density at radius 3 is 3.00 bits per heavy atom. The first kappa shape index (κ1) is 19.2. The lowest BCUT2D eigenvalue weighted by atomic mass is 10.2. The van der Waals surface area contributed by atoms with Gasteiger partial charge in [-0.3, -0.25) is 14.2 Å². The Balaban J connectivity index is 1.52. The third kappa shape index (κ3) is 4.45. The van der Waals surface area contributed by atoms with Crippen molar-refractivity contribution >= 4 is 39.9 Å². The second-order valence-electron chi connectivity index (χ2n) is 6.61. The maximum absolute atomic E-state index is 13.0. The summed E-state index contributed by atoms with van der Waals surface area (Å²) in [5, 5.41) is 6.05. The number of hydrogen-bond donors (Lipinski definition) is 1. The summed E-state index contributed by atoms with van der Waals surface area (Å²) in [6.07, 6.45) is 1.96. The van der Waals surface area contributed by atoms with Gasteiger partial charge in [0.25, 0.3) is 5.56 Å². The lowest BCUT2D eigenvalue weighted by molar-refractivity contribution is -0.118. The number of nitrogens with zero attached hydrogens (tertiary/aromatic N) is 2. The van der Waals surface area contributed by atoms with Crippen LogP contribution in [0.25, 0.3) is 10.9 Å². The number of rotatable bonds is 7. The van der Waals surface area contributed by atoms with Gasteiger partial charge in [0, 0.05) is 11.5 Å². The minimum absolute atomic E-state index is 0.0210. The molecule has 3 heterocycles. The highest BCUT2D eigenvalue weighted by Gasteiger charge is 2.20. The first-order chi connectivity index (χ1) is 13.7. The van der Waals surface area contributed by atoms with Gasteiger partial charge >= 0.3 is 0 Å². The Labute approximate surface area is 170 Å². The molecule has 8 heteroatoms. The van der Waals surface area contributed by atoms with Gasteiger partial charge in [0.15, 0.2) is 5.16 Å². The Kier molecular flexibility index (Phi) is 6.09. The smallest absolute Gasteiger partial charge is 0.262 e. The van der Waals surface area contributed by atoms with E-state index >= 15 is 0 Å². The topological polar surface area (TPSA) is 73.2 Å². The molecule has 1 N–H and O–H groups in total. The number of ether oxygens (including phenoxy) is 1. The number of hydrogen-bond acceptors (Lipinski definition) is 6. The molecule has 0 radical (unpaired) electrons. The molecule has 0 bridgehead atoms. The highest BCUT2D eigenvalue weighted by molar-refractivity contribution is 7.99. The maximum atomic E-state index is 13.0. The molecule has 0 saturated carbocycles. The Morgan fingerprint density at radius 2 is 2.21 bits per heavy atom. The number of thioether (sulfide) groups is 1. The van der Waals surface area contributed by atoms with Crippen molar-refractivity contribution in [1.29, 1.82) is 0 Å². The van der Waals surface area contributed by atoms with Gasteiger partial charge < -0.3 is 10.1 Å². The predicted octanol–water partition coefficient (Wildman–Crippen LogP) is 3.05. The Hall–Kier alpha value is -2.16. The Bertz CT molecular complexity index is 1010. The first-order valence-electron chi connectivity index (χ1n) is 9.24. The van der Waals surface area contributed by atoms with Crippen molar-refractivity contribution in [3.8, 4) is 0 Å². The van der Waals surface area contributed by atoms with Crippen LogP contribution in [0, 0.1) is 0 Å². The predicted molar refractivity (Wildman–Crippen MR) is 112 cm³/mol. The number of nitrogens with one attached hydrogen (secondary N) is 1. The van der Waals surface area contributed by atoms with Crippen molar-refractivity contribution in [2.45, 2.75) is 37.2 Å². The fourth-order valence-electron chi connectivity index (χ4n) is 3.19. The average molecular weight is 416 g/mol. The van der Waals surface area contributed by atoms with Crippen LogP contribution >= 0.6 is 23.1 Å². The molecule has 146 valence electrons. The summed E-state index contributed by atoms with van der Waals surface area (Å²) in [6, 6.07) is 11.3. The molecule has 1 amide bonds. The molecular formula is C20H21N3O3S2. The van der Waals surface area contributed by atoms with Crippen LogP contribution in [0.4, 0.5) is 0 Å². The molecule has 4 rings (SSSR count). The van der Waals surface area contributed by atoms with Crippen LogP contribution in [0.2, 0.25) is 0 Å². The summed E-state index contributed by atoms with van der Waals surface area (Å²) in [5.41, 5.74) is 0.570. The van der Waals surface area contributed by atoms with Gasteiger partial charge in [0.05, 0.1) is 35.8 Å². The van der Waals surface area contributed by atoms with Gasteiger partial charge in [-0.05, 0) is 36.4 Å². The molecule has 0 spiro atoms. The molecule has 1 fully saturated rings. The van der Waals surface area contributed by atoms with Crippen molar-refractivity contribution in [2.24, 2.45) is 0 Å². The summed E-state index contributed by atoms with van der Waals surface area (Å²) < 4.78 is 7.37. The minimum Gasteiger partial charge on any atom is -0.376 e. The molecule has 0 aliphatic carbocycles. The van der Waals surface area contributed by atoms with E-state index in [-0.39, 0.29) is 23.3 Å². The first-order valence-corrected chi connectivity index (χ1v) is 11.1. The van der Waals surface area contributed by atoms with Crippen LogP contribution in [-0.4, -0.2) is 33.9 Å². The zero-order valence-corrected chi connectivity index (χ0v) is 16.9. The van der Waals surface area contributed by atoms with E-state index in [0.29, 0.717) is 29.1 Å². The van der Waals surface area contributed by atoms with Crippen LogP contribution in [0.15, 0.2) is 51.7 Å². The molecule has 2 aromatic heterocycles. The van der Waals surface area contributed by atoms with E-state index in [1.54, 1.807) is 22.0 Å². The molecule has 1 unspecified atom stereocenters. The number of carbonyl (C=O) groups is 1. The molecule has 1 aliphatic rings. The highest BCUT2D eigenvalue weighted by Crippen LogP contribution is 2.21. The van der Waals surface area contributed by atoms with Gasteiger partial charge in [-0.2, -0.15) is 0 Å². The number of thiophene rings is 1. The number of amides is 1. The van der Waals surface area contributed by atoms with Gasteiger partial charge in [0.1, 0.15) is 0 Å². The van der Waals surface area contributed by atoms with Crippen molar-refractivity contribution in [3.05, 3.63) is 57.0 Å². The quantitative estimate of drug-likeness (QED) is 0.474. The second-order valence-corrected chi connectivity index (χ2v) is 8.58. The van der Waals surface area contributed by atoms with E-state index in [1.165, 1.54) is 11.8 Å². The maximum Gasteiger partial charge on any atom is 0.262 e. The number of aromatic nitrogens is 2. The third-order valence-electron chi connectivity index (χ3n) is 4.61. The van der Waals surface area contributed by atoms with E-state index in [9.17, 15) is 9.59 Å². The summed E-state index contributed by atoms with van der Waals surface area (Å²) in [6.45, 7) is 1.72. The summed E-state index contributed by atoms with van der Waals surface area (Å²) in [7, 11) is 0. The summed E-state index contributed by atoms with van der Waals surface area (Å²) >= 11 is 2.90. The second kappa shape index (κ2) is 8.89. The molecule has 1 saturated heterocycles. The largest absolute Gasteiger partial charge is 0.376 e. The third-order valence-corrected chi connectivity index (χ3v) is 6.46. The van der Waals surface area contributed by atoms with Crippen molar-refractivity contribution in [1.82, 2.24) is 14.9 Å². The average Bonchev–Trinajstić information content (AvgIpc) is 3.41. The number of carbonyl (C=O) groups excluding carboxylic acids is 1. The zero-order valence-electron chi connectivity index (χ0n) is 15.3. The lowest BCUT2D eigenvalue weighted by Gasteiger charge is -2.16. The zero-order chi connectivity index (χ0) is 19.3. The van der Waals surface area contributed by atoms with E-state index in [1.807, 2.05) is 35.7 Å². The van der Waals surface area contributed by atoms with Crippen LogP contribution in [0.3, 0.4) is 0 Å². The fraction of sp³-hybridized carbons (Fsp3) is 0.350. The van der Waals surface area contributed by atoms with Crippen LogP contribution in [0.5, 0.6) is 0 Å². The molecule has 1 aliphatic heterocycles. The van der Waals surface area contributed by atoms with Crippen LogP contribution in [-0.2, 0) is 22.6 Å². The summed E-state index contributed by atoms with van der Waals surface area (Å²) in [4.78, 5) is 31.0. The Morgan fingerprint density at radius 1 is 1.32 bits per heavy atom. The molecule has 28 heavy (non-hydrogen) atoms. The monoisotopic (exact) mass is 415 g/mol. The van der Waals surface area contributed by atoms with Gasteiger partial charge in [-0.15, -0.1) is 11.3 Å². The standard InChI is InChI=1S/C20H21N3O3S2/c24-18(21-11-15-6-4-10-27-15)13-28-20-22-17-8-2-1-7-16(17)19(25)23(20)12-14-5-3-9-26-14/h1-2,4,6-8,10,14H,3,5,9,11-13H2,(H,21,24). The van der Waals surface area contributed by atoms with Gasteiger partial charge in [-0.1, -0.05) is 30.0 Å². The number of fused-ring (bicyclic) bond motifs is 1. The highest BCUT2D eigenvalue weighted by atomic mass is 32.2. The number of para-hydroxylation sites is 1. The molecule has 1 aromatic carbocycles. The van der Waals surface area contributed by atoms with E-state index in [0.717, 1.165) is 24.3 Å². The van der Waals surface area contributed by atoms with Crippen molar-refractivity contribution in [3.63, 3.8) is 0 Å². The van der Waals surface area contributed by atoms with Gasteiger partial charge in [-0.25, -0.2) is 4.98 Å². The lowest BCUT2D eigenvalue weighted by Crippen LogP contribution is -2.30. The fourth-order valence-corrected chi connectivity index (χ4v) is 4.67. The van der Waals surface area contributed by atoms with E-state index < -0.39 is 0 Å². The van der Waals surface area contributed by atoms with Gasteiger partial charge in [0.2, 0.25) is 5.91 Å². The van der Waals surface area contributed by atoms with Crippen LogP contribution in [0.1, 0.15) is 17.7 Å². The molecule has 1 atom stereocenters. The summed E-state index contributed by atoms with van der Waals surface area (Å²) in [5.74, 6) is 0.131. The molecule has 3 aromatic rings. The van der Waals surface area contributed by atoms with Crippen LogP contribution < -0.4 is 10.9 Å². The number of benzene rings is 1. The molecule has 6 nitrogen and oxygen atoms in total. The van der Waals surface area contributed by atoms with E-state index in [2.05, 4.69) is 10.3 Å². The molecular weight excluding hydrogens is 394 g/mol. The minimum atomic E-state index is -0.0809. The van der Waals surface area contributed by atoms with Crippen molar-refractivity contribution in [2.75, 3.05) is 12.4 Å². The van der Waals surface area contributed by atoms with Crippen molar-refractivity contribution < 1.29 is 9.53 Å². The normalized spacial score (nSPS) is 16.5.